The monoisotopic (exact) mass is 270 g/mol. The zero-order chi connectivity index (χ0) is 14.4. The van der Waals surface area contributed by atoms with Gasteiger partial charge in [-0.3, -0.25) is 10.2 Å². The predicted molar refractivity (Wildman–Crippen MR) is 78.9 cm³/mol. The van der Waals surface area contributed by atoms with Gasteiger partial charge in [-0.1, -0.05) is 36.4 Å². The zero-order valence-corrected chi connectivity index (χ0v) is 11.4. The number of carbonyl (C=O) groups excluding carboxylic acids is 1. The second-order valence-corrected chi connectivity index (χ2v) is 4.38. The van der Waals surface area contributed by atoms with Crippen LogP contribution < -0.4 is 11.3 Å². The molecule has 0 radical (unpaired) electrons. The Bertz CT molecular complexity index is 562. The first-order chi connectivity index (χ1) is 9.74. The number of nitrogen functional groups attached to an aromatic ring is 1. The van der Waals surface area contributed by atoms with Crippen molar-refractivity contribution in [3.8, 4) is 11.1 Å². The van der Waals surface area contributed by atoms with E-state index >= 15 is 0 Å². The maximum absolute atomic E-state index is 11.4. The van der Waals surface area contributed by atoms with Crippen LogP contribution in [0.15, 0.2) is 48.5 Å². The minimum atomic E-state index is -0.288. The summed E-state index contributed by atoms with van der Waals surface area (Å²) in [5.41, 5.74) is 5.97. The summed E-state index contributed by atoms with van der Waals surface area (Å²) in [6.45, 7) is 3.33. The van der Waals surface area contributed by atoms with Gasteiger partial charge in [-0.25, -0.2) is 5.84 Å². The van der Waals surface area contributed by atoms with Crippen molar-refractivity contribution in [2.75, 3.05) is 6.61 Å². The smallest absolute Gasteiger partial charge is 0.265 e. The van der Waals surface area contributed by atoms with Crippen LogP contribution in [0.5, 0.6) is 0 Å². The average Bonchev–Trinajstić information content (AvgIpc) is 2.53. The van der Waals surface area contributed by atoms with E-state index < -0.39 is 0 Å². The number of benzene rings is 2. The fraction of sp³-hybridized carbons (Fsp3) is 0.188. The number of rotatable bonds is 5. The van der Waals surface area contributed by atoms with Gasteiger partial charge in [0, 0.05) is 12.2 Å². The van der Waals surface area contributed by atoms with Crippen LogP contribution >= 0.6 is 0 Å². The maximum Gasteiger partial charge on any atom is 0.265 e. The number of amides is 1. The van der Waals surface area contributed by atoms with Crippen LogP contribution in [0.3, 0.4) is 0 Å². The summed E-state index contributed by atoms with van der Waals surface area (Å²) in [4.78, 5) is 11.4. The molecule has 104 valence electrons. The Morgan fingerprint density at radius 2 is 1.60 bits per heavy atom. The molecule has 0 unspecified atom stereocenters. The Balaban J connectivity index is 2.13. The van der Waals surface area contributed by atoms with Crippen molar-refractivity contribution in [1.82, 2.24) is 5.43 Å². The number of ether oxygens (including phenoxy) is 1. The van der Waals surface area contributed by atoms with Gasteiger partial charge in [-0.15, -0.1) is 0 Å². The van der Waals surface area contributed by atoms with E-state index in [0.29, 0.717) is 18.8 Å². The lowest BCUT2D eigenvalue weighted by molar-refractivity contribution is 0.0953. The van der Waals surface area contributed by atoms with Crippen molar-refractivity contribution in [3.05, 3.63) is 59.7 Å². The number of carbonyl (C=O) groups is 1. The molecule has 0 aromatic heterocycles. The highest BCUT2D eigenvalue weighted by atomic mass is 16.5. The lowest BCUT2D eigenvalue weighted by atomic mass is 10.0. The van der Waals surface area contributed by atoms with Gasteiger partial charge < -0.3 is 4.74 Å². The predicted octanol–water partition coefficient (Wildman–Crippen LogP) is 2.49. The summed E-state index contributed by atoms with van der Waals surface area (Å²) < 4.78 is 5.36. The number of hydrazine groups is 1. The SMILES string of the molecule is CCOCc1ccc(-c2ccc(C(=O)NN)cc2)cc1. The van der Waals surface area contributed by atoms with Crippen LogP contribution in [-0.4, -0.2) is 12.5 Å². The van der Waals surface area contributed by atoms with Crippen molar-refractivity contribution in [3.63, 3.8) is 0 Å². The molecule has 0 heterocycles. The number of nitrogens with one attached hydrogen (secondary N) is 1. The Morgan fingerprint density at radius 1 is 1.05 bits per heavy atom. The zero-order valence-electron chi connectivity index (χ0n) is 11.4. The van der Waals surface area contributed by atoms with E-state index in [9.17, 15) is 4.79 Å². The standard InChI is InChI=1S/C16H18N2O2/c1-2-20-11-12-3-5-13(6-4-12)14-7-9-15(10-8-14)16(19)18-17/h3-10H,2,11,17H2,1H3,(H,18,19). The molecule has 0 saturated heterocycles. The highest BCUT2D eigenvalue weighted by molar-refractivity contribution is 5.94. The summed E-state index contributed by atoms with van der Waals surface area (Å²) in [6, 6.07) is 15.5. The van der Waals surface area contributed by atoms with Gasteiger partial charge in [0.1, 0.15) is 0 Å². The van der Waals surface area contributed by atoms with Crippen LogP contribution in [-0.2, 0) is 11.3 Å². The highest BCUT2D eigenvalue weighted by Gasteiger charge is 2.04. The molecular weight excluding hydrogens is 252 g/mol. The molecule has 4 heteroatoms. The molecule has 4 nitrogen and oxygen atoms in total. The first kappa shape index (κ1) is 14.2. The molecule has 0 aliphatic rings. The maximum atomic E-state index is 11.4. The minimum absolute atomic E-state index is 0.288. The normalized spacial score (nSPS) is 10.3. The second kappa shape index (κ2) is 6.84. The van der Waals surface area contributed by atoms with Gasteiger partial charge >= 0.3 is 0 Å². The van der Waals surface area contributed by atoms with Gasteiger partial charge in [-0.05, 0) is 35.7 Å². The Labute approximate surface area is 118 Å². The molecule has 0 bridgehead atoms. The van der Waals surface area contributed by atoms with E-state index in [1.807, 2.05) is 43.3 Å². The number of nitrogens with two attached hydrogens (primary N) is 1. The molecule has 0 fully saturated rings. The summed E-state index contributed by atoms with van der Waals surface area (Å²) in [5.74, 6) is 4.81. The average molecular weight is 270 g/mol. The molecule has 0 saturated carbocycles. The summed E-state index contributed by atoms with van der Waals surface area (Å²) in [6.07, 6.45) is 0. The Morgan fingerprint density at radius 3 is 2.10 bits per heavy atom. The van der Waals surface area contributed by atoms with Crippen LogP contribution in [0.25, 0.3) is 11.1 Å². The number of hydrogen-bond acceptors (Lipinski definition) is 3. The van der Waals surface area contributed by atoms with Crippen molar-refractivity contribution in [1.29, 1.82) is 0 Å². The Kier molecular flexibility index (Phi) is 4.87. The quantitative estimate of drug-likeness (QED) is 0.498. The van der Waals surface area contributed by atoms with Crippen molar-refractivity contribution < 1.29 is 9.53 Å². The summed E-state index contributed by atoms with van der Waals surface area (Å²) >= 11 is 0. The minimum Gasteiger partial charge on any atom is -0.377 e. The highest BCUT2D eigenvalue weighted by Crippen LogP contribution is 2.20. The summed E-state index contributed by atoms with van der Waals surface area (Å²) in [5, 5.41) is 0. The summed E-state index contributed by atoms with van der Waals surface area (Å²) in [7, 11) is 0. The molecule has 1 amide bonds. The largest absolute Gasteiger partial charge is 0.377 e. The van der Waals surface area contributed by atoms with Gasteiger partial charge in [0.25, 0.3) is 5.91 Å². The third-order valence-electron chi connectivity index (χ3n) is 3.04. The van der Waals surface area contributed by atoms with Crippen molar-refractivity contribution in [2.24, 2.45) is 5.84 Å². The molecule has 2 rings (SSSR count). The molecular formula is C16H18N2O2. The van der Waals surface area contributed by atoms with E-state index in [-0.39, 0.29) is 5.91 Å². The third-order valence-corrected chi connectivity index (χ3v) is 3.04. The van der Waals surface area contributed by atoms with Crippen LogP contribution in [0.4, 0.5) is 0 Å². The van der Waals surface area contributed by atoms with E-state index in [4.69, 9.17) is 10.6 Å². The van der Waals surface area contributed by atoms with Crippen LogP contribution in [0, 0.1) is 0 Å². The first-order valence-corrected chi connectivity index (χ1v) is 6.52. The second-order valence-electron chi connectivity index (χ2n) is 4.38. The lowest BCUT2D eigenvalue weighted by Crippen LogP contribution is -2.29. The molecule has 2 aromatic rings. The first-order valence-electron chi connectivity index (χ1n) is 6.52. The van der Waals surface area contributed by atoms with Gasteiger partial charge in [0.15, 0.2) is 0 Å². The van der Waals surface area contributed by atoms with Gasteiger partial charge in [-0.2, -0.15) is 0 Å². The third kappa shape index (κ3) is 3.44. The molecule has 20 heavy (non-hydrogen) atoms. The van der Waals surface area contributed by atoms with Crippen LogP contribution in [0.2, 0.25) is 0 Å². The fourth-order valence-corrected chi connectivity index (χ4v) is 1.91. The van der Waals surface area contributed by atoms with E-state index in [2.05, 4.69) is 5.43 Å². The molecule has 2 aromatic carbocycles. The molecule has 0 spiro atoms. The molecule has 0 aliphatic carbocycles. The van der Waals surface area contributed by atoms with Gasteiger partial charge in [0.2, 0.25) is 0 Å². The van der Waals surface area contributed by atoms with Crippen molar-refractivity contribution in [2.45, 2.75) is 13.5 Å². The molecule has 0 aliphatic heterocycles. The van der Waals surface area contributed by atoms with Gasteiger partial charge in [0.05, 0.1) is 6.61 Å². The topological polar surface area (TPSA) is 64.3 Å². The van der Waals surface area contributed by atoms with Crippen LogP contribution in [0.1, 0.15) is 22.8 Å². The van der Waals surface area contributed by atoms with E-state index in [0.717, 1.165) is 16.7 Å². The number of hydrogen-bond donors (Lipinski definition) is 2. The van der Waals surface area contributed by atoms with Crippen molar-refractivity contribution >= 4 is 5.91 Å². The molecule has 3 N–H and O–H groups in total. The Hall–Kier alpha value is -2.17. The van der Waals surface area contributed by atoms with E-state index in [1.54, 1.807) is 12.1 Å². The fourth-order valence-electron chi connectivity index (χ4n) is 1.91. The van der Waals surface area contributed by atoms with E-state index in [1.165, 1.54) is 0 Å². The molecule has 0 atom stereocenters. The lowest BCUT2D eigenvalue weighted by Gasteiger charge is -2.06.